The van der Waals surface area contributed by atoms with Crippen LogP contribution in [0.5, 0.6) is 0 Å². The molecule has 0 bridgehead atoms. The molecule has 1 amide bonds. The molecule has 2 aromatic heterocycles. The van der Waals surface area contributed by atoms with Gasteiger partial charge in [-0.1, -0.05) is 12.1 Å². The summed E-state index contributed by atoms with van der Waals surface area (Å²) in [6.07, 6.45) is 1.66. The van der Waals surface area contributed by atoms with Gasteiger partial charge < -0.3 is 5.32 Å². The fourth-order valence-electron chi connectivity index (χ4n) is 3.21. The van der Waals surface area contributed by atoms with Crippen LogP contribution in [-0.4, -0.2) is 34.5 Å². The molecule has 2 heterocycles. The van der Waals surface area contributed by atoms with E-state index in [1.807, 2.05) is 6.92 Å². The van der Waals surface area contributed by atoms with Gasteiger partial charge in [0, 0.05) is 23.9 Å². The number of H-pyrrole nitrogens is 1. The number of sulfonamides is 1. The highest BCUT2D eigenvalue weighted by molar-refractivity contribution is 7.92. The van der Waals surface area contributed by atoms with Crippen LogP contribution in [0.25, 0.3) is 22.4 Å². The minimum Gasteiger partial charge on any atom is -0.326 e. The fraction of sp³-hybridized carbons (Fsp3) is 0.143. The van der Waals surface area contributed by atoms with Gasteiger partial charge in [0.05, 0.1) is 22.5 Å². The quantitative estimate of drug-likeness (QED) is 0.440. The van der Waals surface area contributed by atoms with Crippen molar-refractivity contribution < 1.29 is 13.2 Å². The summed E-state index contributed by atoms with van der Waals surface area (Å²) >= 11 is 0. The van der Waals surface area contributed by atoms with E-state index in [1.165, 1.54) is 13.0 Å². The van der Waals surface area contributed by atoms with E-state index in [0.717, 1.165) is 11.3 Å². The van der Waals surface area contributed by atoms with Gasteiger partial charge in [-0.2, -0.15) is 5.10 Å². The Balaban J connectivity index is 1.55. The summed E-state index contributed by atoms with van der Waals surface area (Å²) in [5.41, 5.74) is 5.01. The minimum absolute atomic E-state index is 0.136. The molecule has 0 atom stereocenters. The first-order chi connectivity index (χ1) is 14.7. The maximum Gasteiger partial charge on any atom is 0.262 e. The highest BCUT2D eigenvalue weighted by atomic mass is 32.2. The van der Waals surface area contributed by atoms with Gasteiger partial charge in [-0.15, -0.1) is 0 Å². The van der Waals surface area contributed by atoms with Gasteiger partial charge in [0.25, 0.3) is 10.0 Å². The fourth-order valence-corrected chi connectivity index (χ4v) is 4.50. The first kappa shape index (κ1) is 20.5. The number of hydrogen-bond acceptors (Lipinski definition) is 6. The molecule has 4 aromatic rings. The van der Waals surface area contributed by atoms with Gasteiger partial charge in [-0.3, -0.25) is 14.6 Å². The van der Waals surface area contributed by atoms with Crippen molar-refractivity contribution in [3.05, 3.63) is 59.9 Å². The zero-order chi connectivity index (χ0) is 22.2. The molecule has 0 aliphatic carbocycles. The summed E-state index contributed by atoms with van der Waals surface area (Å²) in [6.45, 7) is 4.92. The Kier molecular flexibility index (Phi) is 5.15. The lowest BCUT2D eigenvalue weighted by molar-refractivity contribution is -0.114. The van der Waals surface area contributed by atoms with Crippen LogP contribution >= 0.6 is 0 Å². The molecule has 0 spiro atoms. The van der Waals surface area contributed by atoms with E-state index < -0.39 is 10.0 Å². The molecule has 0 aliphatic rings. The molecule has 158 valence electrons. The molecule has 4 rings (SSSR count). The highest BCUT2D eigenvalue weighted by Gasteiger charge is 2.17. The Morgan fingerprint density at radius 3 is 2.42 bits per heavy atom. The highest BCUT2D eigenvalue weighted by Crippen LogP contribution is 2.25. The number of aromatic nitrogens is 4. The van der Waals surface area contributed by atoms with Crippen LogP contribution < -0.4 is 10.0 Å². The molecule has 0 unspecified atom stereocenters. The molecular formula is C21H20N6O3S. The van der Waals surface area contributed by atoms with Gasteiger partial charge >= 0.3 is 0 Å². The monoisotopic (exact) mass is 436 g/mol. The molecule has 0 aliphatic heterocycles. The zero-order valence-corrected chi connectivity index (χ0v) is 17.9. The number of aryl methyl sites for hydroxylation is 2. The number of rotatable bonds is 5. The van der Waals surface area contributed by atoms with Gasteiger partial charge in [0.2, 0.25) is 5.91 Å². The largest absolute Gasteiger partial charge is 0.326 e. The van der Waals surface area contributed by atoms with Gasteiger partial charge in [-0.05, 0) is 49.7 Å². The van der Waals surface area contributed by atoms with Crippen molar-refractivity contribution in [1.82, 2.24) is 20.2 Å². The topological polar surface area (TPSA) is 130 Å². The third-order valence-corrected chi connectivity index (χ3v) is 6.20. The summed E-state index contributed by atoms with van der Waals surface area (Å²) in [7, 11) is -3.80. The van der Waals surface area contributed by atoms with Crippen LogP contribution in [0, 0.1) is 13.8 Å². The molecule has 2 aromatic carbocycles. The van der Waals surface area contributed by atoms with Gasteiger partial charge in [-0.25, -0.2) is 18.4 Å². The molecule has 3 N–H and O–H groups in total. The van der Waals surface area contributed by atoms with Crippen molar-refractivity contribution in [3.8, 4) is 11.3 Å². The molecule has 31 heavy (non-hydrogen) atoms. The zero-order valence-electron chi connectivity index (χ0n) is 17.1. The summed E-state index contributed by atoms with van der Waals surface area (Å²) < 4.78 is 28.2. The maximum atomic E-state index is 12.8. The van der Waals surface area contributed by atoms with Crippen molar-refractivity contribution in [3.63, 3.8) is 0 Å². The van der Waals surface area contributed by atoms with Crippen molar-refractivity contribution in [1.29, 1.82) is 0 Å². The Labute approximate surface area is 179 Å². The maximum absolute atomic E-state index is 12.8. The predicted octanol–water partition coefficient (Wildman–Crippen LogP) is 3.40. The molecule has 0 saturated heterocycles. The van der Waals surface area contributed by atoms with Gasteiger partial charge in [0.15, 0.2) is 5.65 Å². The number of amides is 1. The number of carbonyl (C=O) groups excluding carboxylic acids is 1. The van der Waals surface area contributed by atoms with Crippen molar-refractivity contribution in [2.75, 3.05) is 10.0 Å². The number of hydrogen-bond donors (Lipinski definition) is 3. The van der Waals surface area contributed by atoms with E-state index in [0.29, 0.717) is 33.8 Å². The second kappa shape index (κ2) is 7.80. The first-order valence-corrected chi connectivity index (χ1v) is 10.9. The van der Waals surface area contributed by atoms with Crippen molar-refractivity contribution >= 4 is 38.5 Å². The van der Waals surface area contributed by atoms with Crippen LogP contribution in [0.1, 0.15) is 18.2 Å². The Morgan fingerprint density at radius 1 is 1.03 bits per heavy atom. The number of fused-ring (bicyclic) bond motifs is 1. The Hall–Kier alpha value is -3.79. The average molecular weight is 436 g/mol. The standard InChI is InChI=1S/C21H20N6O3S/c1-12-10-17(23-14(3)28)8-9-19(12)31(29,30)27-16-6-4-15(5-7-16)18-11-22-20-13(2)25-26-21(20)24-18/h4-11,27H,1-3H3,(H,23,28)(H,24,25,26). The third-order valence-electron chi connectivity index (χ3n) is 4.66. The summed E-state index contributed by atoms with van der Waals surface area (Å²) in [4.78, 5) is 20.2. The lowest BCUT2D eigenvalue weighted by Crippen LogP contribution is -2.14. The molecule has 0 saturated carbocycles. The number of nitrogens with one attached hydrogen (secondary N) is 3. The first-order valence-electron chi connectivity index (χ1n) is 9.42. The average Bonchev–Trinajstić information content (AvgIpc) is 3.08. The number of aromatic amines is 1. The lowest BCUT2D eigenvalue weighted by Gasteiger charge is -2.12. The van der Waals surface area contributed by atoms with E-state index in [9.17, 15) is 13.2 Å². The normalized spacial score (nSPS) is 11.5. The van der Waals surface area contributed by atoms with Crippen LogP contribution in [-0.2, 0) is 14.8 Å². The van der Waals surface area contributed by atoms with Crippen molar-refractivity contribution in [2.45, 2.75) is 25.7 Å². The van der Waals surface area contributed by atoms with Crippen LogP contribution in [0.15, 0.2) is 53.6 Å². The lowest BCUT2D eigenvalue weighted by atomic mass is 10.1. The van der Waals surface area contributed by atoms with E-state index in [2.05, 4.69) is 30.2 Å². The third kappa shape index (κ3) is 4.24. The summed E-state index contributed by atoms with van der Waals surface area (Å²) in [6, 6.07) is 11.5. The Morgan fingerprint density at radius 2 is 1.74 bits per heavy atom. The minimum atomic E-state index is -3.80. The van der Waals surface area contributed by atoms with Gasteiger partial charge in [0.1, 0.15) is 5.52 Å². The van der Waals surface area contributed by atoms with Crippen molar-refractivity contribution in [2.24, 2.45) is 0 Å². The molecule has 9 nitrogen and oxygen atoms in total. The van der Waals surface area contributed by atoms with Crippen LogP contribution in [0.4, 0.5) is 11.4 Å². The Bertz CT molecular complexity index is 1390. The smallest absolute Gasteiger partial charge is 0.262 e. The van der Waals surface area contributed by atoms with E-state index >= 15 is 0 Å². The number of carbonyl (C=O) groups is 1. The van der Waals surface area contributed by atoms with E-state index in [1.54, 1.807) is 49.5 Å². The van der Waals surface area contributed by atoms with E-state index in [4.69, 9.17) is 0 Å². The SMILES string of the molecule is CC(=O)Nc1ccc(S(=O)(=O)Nc2ccc(-c3cnc4c(C)n[nH]c4n3)cc2)c(C)c1. The van der Waals surface area contributed by atoms with E-state index in [-0.39, 0.29) is 10.8 Å². The van der Waals surface area contributed by atoms with Crippen LogP contribution in [0.3, 0.4) is 0 Å². The second-order valence-electron chi connectivity index (χ2n) is 7.11. The molecule has 0 radical (unpaired) electrons. The molecule has 10 heteroatoms. The van der Waals surface area contributed by atoms with Crippen LogP contribution in [0.2, 0.25) is 0 Å². The molecular weight excluding hydrogens is 416 g/mol. The molecule has 0 fully saturated rings. The predicted molar refractivity (Wildman–Crippen MR) is 118 cm³/mol. The summed E-state index contributed by atoms with van der Waals surface area (Å²) in [5, 5.41) is 9.57. The number of benzene rings is 2. The number of anilines is 2. The number of nitrogens with zero attached hydrogens (tertiary/aromatic N) is 3. The summed E-state index contributed by atoms with van der Waals surface area (Å²) in [5.74, 6) is -0.222. The second-order valence-corrected chi connectivity index (χ2v) is 8.76.